The van der Waals surface area contributed by atoms with Gasteiger partial charge in [0, 0.05) is 24.9 Å². The lowest BCUT2D eigenvalue weighted by molar-refractivity contribution is -0.145. The molecule has 196 valence electrons. The minimum absolute atomic E-state index is 0.0990. The van der Waals surface area contributed by atoms with Crippen molar-refractivity contribution in [3.05, 3.63) is 18.2 Å². The van der Waals surface area contributed by atoms with Crippen LogP contribution in [0.4, 0.5) is 0 Å². The number of aromatic amines is 1. The predicted octanol–water partition coefficient (Wildman–Crippen LogP) is -0.500. The van der Waals surface area contributed by atoms with Crippen molar-refractivity contribution in [3.63, 3.8) is 0 Å². The van der Waals surface area contributed by atoms with Crippen molar-refractivity contribution in [2.24, 2.45) is 17.4 Å². The van der Waals surface area contributed by atoms with E-state index in [1.807, 2.05) is 13.8 Å². The average molecular weight is 494 g/mol. The molecular formula is C23H39N7O5. The SMILES string of the molecule is CC(C)CC(NC(=O)C(N)Cc1cnc[nH]1)C(=O)N1CCCC1C(=O)NC(CCCCN)C(=O)O. The number of imidazole rings is 1. The van der Waals surface area contributed by atoms with Crippen LogP contribution in [0.1, 0.15) is 58.1 Å². The lowest BCUT2D eigenvalue weighted by Gasteiger charge is -2.30. The van der Waals surface area contributed by atoms with Crippen molar-refractivity contribution in [3.8, 4) is 0 Å². The van der Waals surface area contributed by atoms with Crippen LogP contribution in [-0.2, 0) is 25.6 Å². The highest BCUT2D eigenvalue weighted by Crippen LogP contribution is 2.21. The molecular weight excluding hydrogens is 454 g/mol. The Morgan fingerprint density at radius 1 is 1.23 bits per heavy atom. The Bertz CT molecular complexity index is 845. The Kier molecular flexibility index (Phi) is 11.1. The normalized spacial score (nSPS) is 18.2. The predicted molar refractivity (Wildman–Crippen MR) is 129 cm³/mol. The van der Waals surface area contributed by atoms with Crippen LogP contribution in [-0.4, -0.2) is 80.9 Å². The van der Waals surface area contributed by atoms with Gasteiger partial charge in [0.25, 0.3) is 0 Å². The van der Waals surface area contributed by atoms with Crippen molar-refractivity contribution in [2.75, 3.05) is 13.1 Å². The van der Waals surface area contributed by atoms with Crippen LogP contribution in [0.3, 0.4) is 0 Å². The van der Waals surface area contributed by atoms with E-state index in [0.29, 0.717) is 50.9 Å². The van der Waals surface area contributed by atoms with Crippen LogP contribution in [0, 0.1) is 5.92 Å². The maximum Gasteiger partial charge on any atom is 0.326 e. The topological polar surface area (TPSA) is 197 Å². The molecule has 3 amide bonds. The number of unbranched alkanes of at least 4 members (excludes halogenated alkanes) is 1. The standard InChI is InChI=1S/C23H39N7O5/c1-14(2)10-18(29-20(31)16(25)11-15-12-26-13-27-15)22(33)30-9-5-7-19(30)21(32)28-17(23(34)35)6-3-4-8-24/h12-14,16-19H,3-11,24-25H2,1-2H3,(H,26,27)(H,28,32)(H,29,31)(H,34,35). The lowest BCUT2D eigenvalue weighted by Crippen LogP contribution is -2.57. The van der Waals surface area contributed by atoms with E-state index in [2.05, 4.69) is 20.6 Å². The van der Waals surface area contributed by atoms with Crippen molar-refractivity contribution >= 4 is 23.7 Å². The van der Waals surface area contributed by atoms with Crippen LogP contribution in [0.2, 0.25) is 0 Å². The highest BCUT2D eigenvalue weighted by Gasteiger charge is 2.39. The molecule has 8 N–H and O–H groups in total. The summed E-state index contributed by atoms with van der Waals surface area (Å²) in [5, 5.41) is 14.8. The van der Waals surface area contributed by atoms with Crippen LogP contribution in [0.5, 0.6) is 0 Å². The fraction of sp³-hybridized carbons (Fsp3) is 0.696. The van der Waals surface area contributed by atoms with E-state index < -0.39 is 42.0 Å². The number of aromatic nitrogens is 2. The maximum absolute atomic E-state index is 13.4. The van der Waals surface area contributed by atoms with Gasteiger partial charge in [-0.15, -0.1) is 0 Å². The number of nitrogens with one attached hydrogen (secondary N) is 3. The van der Waals surface area contributed by atoms with Gasteiger partial charge < -0.3 is 37.1 Å². The quantitative estimate of drug-likeness (QED) is 0.186. The molecule has 35 heavy (non-hydrogen) atoms. The lowest BCUT2D eigenvalue weighted by atomic mass is 10.0. The molecule has 1 aliphatic heterocycles. The molecule has 1 fully saturated rings. The number of amides is 3. The molecule has 0 saturated carbocycles. The van der Waals surface area contributed by atoms with Gasteiger partial charge in [-0.3, -0.25) is 14.4 Å². The Morgan fingerprint density at radius 3 is 2.57 bits per heavy atom. The molecule has 0 aliphatic carbocycles. The molecule has 0 aromatic carbocycles. The zero-order valence-corrected chi connectivity index (χ0v) is 20.5. The van der Waals surface area contributed by atoms with E-state index in [1.165, 1.54) is 11.2 Å². The second kappa shape index (κ2) is 13.8. The van der Waals surface area contributed by atoms with E-state index in [0.717, 1.165) is 0 Å². The number of carboxylic acids is 1. The zero-order chi connectivity index (χ0) is 26.0. The van der Waals surface area contributed by atoms with Crippen molar-refractivity contribution in [1.82, 2.24) is 25.5 Å². The number of hydrogen-bond acceptors (Lipinski definition) is 7. The van der Waals surface area contributed by atoms with E-state index in [-0.39, 0.29) is 24.7 Å². The Hall–Kier alpha value is -2.99. The van der Waals surface area contributed by atoms with E-state index in [9.17, 15) is 24.3 Å². The van der Waals surface area contributed by atoms with Crippen LogP contribution in [0.15, 0.2) is 12.5 Å². The van der Waals surface area contributed by atoms with Crippen molar-refractivity contribution in [2.45, 2.75) is 83.0 Å². The fourth-order valence-electron chi connectivity index (χ4n) is 4.22. The first-order valence-electron chi connectivity index (χ1n) is 12.2. The Morgan fingerprint density at radius 2 is 1.97 bits per heavy atom. The van der Waals surface area contributed by atoms with E-state index in [1.54, 1.807) is 6.20 Å². The number of likely N-dealkylation sites (tertiary alicyclic amines) is 1. The van der Waals surface area contributed by atoms with Gasteiger partial charge in [-0.1, -0.05) is 13.8 Å². The number of carbonyl (C=O) groups is 4. The molecule has 12 nitrogen and oxygen atoms in total. The molecule has 0 radical (unpaired) electrons. The summed E-state index contributed by atoms with van der Waals surface area (Å²) in [6, 6.07) is -3.55. The molecule has 2 rings (SSSR count). The number of rotatable bonds is 14. The number of nitrogens with zero attached hydrogens (tertiary/aromatic N) is 2. The summed E-state index contributed by atoms with van der Waals surface area (Å²) in [5.41, 5.74) is 12.2. The third kappa shape index (κ3) is 8.62. The molecule has 4 unspecified atom stereocenters. The summed E-state index contributed by atoms with van der Waals surface area (Å²) in [6.07, 6.45) is 6.22. The molecule has 0 spiro atoms. The largest absolute Gasteiger partial charge is 0.480 e. The molecule has 0 bridgehead atoms. The third-order valence-electron chi connectivity index (χ3n) is 6.05. The summed E-state index contributed by atoms with van der Waals surface area (Å²) in [4.78, 5) is 59.0. The average Bonchev–Trinajstić information content (AvgIpc) is 3.49. The molecule has 2 heterocycles. The number of H-pyrrole nitrogens is 1. The number of aliphatic carboxylic acids is 1. The summed E-state index contributed by atoms with van der Waals surface area (Å²) < 4.78 is 0. The fourth-order valence-corrected chi connectivity index (χ4v) is 4.22. The van der Waals surface area contributed by atoms with E-state index >= 15 is 0 Å². The Labute approximate surface area is 205 Å². The zero-order valence-electron chi connectivity index (χ0n) is 20.5. The first kappa shape index (κ1) is 28.2. The number of carboxylic acid groups (broad SMARTS) is 1. The van der Waals surface area contributed by atoms with Gasteiger partial charge in [0.1, 0.15) is 18.1 Å². The molecule has 4 atom stereocenters. The highest BCUT2D eigenvalue weighted by atomic mass is 16.4. The summed E-state index contributed by atoms with van der Waals surface area (Å²) >= 11 is 0. The smallest absolute Gasteiger partial charge is 0.326 e. The minimum atomic E-state index is -1.12. The first-order chi connectivity index (χ1) is 16.6. The molecule has 1 aliphatic rings. The summed E-state index contributed by atoms with van der Waals surface area (Å²) in [6.45, 7) is 4.67. The van der Waals surface area contributed by atoms with Gasteiger partial charge in [-0.2, -0.15) is 0 Å². The van der Waals surface area contributed by atoms with Crippen LogP contribution in [0.25, 0.3) is 0 Å². The first-order valence-corrected chi connectivity index (χ1v) is 12.2. The van der Waals surface area contributed by atoms with Gasteiger partial charge in [-0.05, 0) is 51.0 Å². The van der Waals surface area contributed by atoms with Gasteiger partial charge in [0.15, 0.2) is 0 Å². The van der Waals surface area contributed by atoms with Crippen LogP contribution < -0.4 is 22.1 Å². The monoisotopic (exact) mass is 493 g/mol. The van der Waals surface area contributed by atoms with Gasteiger partial charge in [0.05, 0.1) is 12.4 Å². The van der Waals surface area contributed by atoms with Crippen LogP contribution >= 0.6 is 0 Å². The van der Waals surface area contributed by atoms with E-state index in [4.69, 9.17) is 11.5 Å². The van der Waals surface area contributed by atoms with Gasteiger partial charge >= 0.3 is 5.97 Å². The molecule has 12 heteroatoms. The Balaban J connectivity index is 2.06. The molecule has 1 aromatic rings. The maximum atomic E-state index is 13.4. The summed E-state index contributed by atoms with van der Waals surface area (Å²) in [7, 11) is 0. The van der Waals surface area contributed by atoms with Gasteiger partial charge in [-0.25, -0.2) is 9.78 Å². The van der Waals surface area contributed by atoms with Crippen molar-refractivity contribution in [1.29, 1.82) is 0 Å². The van der Waals surface area contributed by atoms with Crippen molar-refractivity contribution < 1.29 is 24.3 Å². The van der Waals surface area contributed by atoms with Gasteiger partial charge in [0.2, 0.25) is 17.7 Å². The number of carbonyl (C=O) groups excluding carboxylic acids is 3. The second-order valence-electron chi connectivity index (χ2n) is 9.45. The minimum Gasteiger partial charge on any atom is -0.480 e. The molecule has 1 aromatic heterocycles. The summed E-state index contributed by atoms with van der Waals surface area (Å²) in [5.74, 6) is -2.36. The third-order valence-corrected chi connectivity index (χ3v) is 6.05. The number of nitrogens with two attached hydrogens (primary N) is 2. The molecule has 1 saturated heterocycles. The second-order valence-corrected chi connectivity index (χ2v) is 9.45. The number of hydrogen-bond donors (Lipinski definition) is 6. The highest BCUT2D eigenvalue weighted by molar-refractivity contribution is 5.94.